The SMILES string of the molecule is Cc1cccc([C@@H](O)[C@H](C)NC(C)C)c1. The highest BCUT2D eigenvalue weighted by molar-refractivity contribution is 5.24. The molecule has 1 aromatic rings. The van der Waals surface area contributed by atoms with E-state index in [4.69, 9.17) is 0 Å². The molecule has 0 amide bonds. The molecule has 84 valence electrons. The molecule has 0 aliphatic heterocycles. The highest BCUT2D eigenvalue weighted by Gasteiger charge is 2.16. The number of aliphatic hydroxyl groups is 1. The molecule has 2 nitrogen and oxygen atoms in total. The summed E-state index contributed by atoms with van der Waals surface area (Å²) in [5.41, 5.74) is 2.17. The van der Waals surface area contributed by atoms with Crippen molar-refractivity contribution < 1.29 is 5.11 Å². The Morgan fingerprint density at radius 2 is 1.87 bits per heavy atom. The lowest BCUT2D eigenvalue weighted by Gasteiger charge is -2.23. The average molecular weight is 207 g/mol. The number of aryl methyl sites for hydroxylation is 1. The molecule has 0 heterocycles. The largest absolute Gasteiger partial charge is 0.387 e. The predicted octanol–water partition coefficient (Wildman–Crippen LogP) is 2.41. The normalized spacial score (nSPS) is 15.3. The Morgan fingerprint density at radius 3 is 2.40 bits per heavy atom. The molecule has 1 aromatic carbocycles. The fourth-order valence-electron chi connectivity index (χ4n) is 1.76. The molecule has 0 aliphatic carbocycles. The second-order valence-electron chi connectivity index (χ2n) is 4.47. The molecular weight excluding hydrogens is 186 g/mol. The number of benzene rings is 1. The first-order valence-corrected chi connectivity index (χ1v) is 5.51. The Hall–Kier alpha value is -0.860. The number of rotatable bonds is 4. The van der Waals surface area contributed by atoms with E-state index in [9.17, 15) is 5.11 Å². The van der Waals surface area contributed by atoms with Crippen molar-refractivity contribution in [2.75, 3.05) is 0 Å². The van der Waals surface area contributed by atoms with Gasteiger partial charge >= 0.3 is 0 Å². The maximum absolute atomic E-state index is 10.1. The molecule has 2 atom stereocenters. The molecule has 0 spiro atoms. The number of hydrogen-bond acceptors (Lipinski definition) is 2. The molecule has 0 saturated carbocycles. The van der Waals surface area contributed by atoms with Crippen LogP contribution in [-0.4, -0.2) is 17.2 Å². The van der Waals surface area contributed by atoms with E-state index in [1.807, 2.05) is 38.1 Å². The monoisotopic (exact) mass is 207 g/mol. The third-order valence-electron chi connectivity index (χ3n) is 2.45. The molecule has 15 heavy (non-hydrogen) atoms. The van der Waals surface area contributed by atoms with Crippen molar-refractivity contribution in [1.29, 1.82) is 0 Å². The van der Waals surface area contributed by atoms with E-state index < -0.39 is 6.10 Å². The van der Waals surface area contributed by atoms with Crippen LogP contribution >= 0.6 is 0 Å². The van der Waals surface area contributed by atoms with Crippen molar-refractivity contribution in [3.63, 3.8) is 0 Å². The van der Waals surface area contributed by atoms with Gasteiger partial charge in [0.05, 0.1) is 6.10 Å². The lowest BCUT2D eigenvalue weighted by atomic mass is 10.0. The summed E-state index contributed by atoms with van der Waals surface area (Å²) in [6, 6.07) is 8.48. The van der Waals surface area contributed by atoms with Gasteiger partial charge in [-0.3, -0.25) is 0 Å². The maximum Gasteiger partial charge on any atom is 0.0940 e. The summed E-state index contributed by atoms with van der Waals surface area (Å²) in [4.78, 5) is 0. The quantitative estimate of drug-likeness (QED) is 0.794. The smallest absolute Gasteiger partial charge is 0.0940 e. The Balaban J connectivity index is 2.71. The maximum atomic E-state index is 10.1. The fraction of sp³-hybridized carbons (Fsp3) is 0.538. The van der Waals surface area contributed by atoms with Crippen molar-refractivity contribution in [1.82, 2.24) is 5.32 Å². The highest BCUT2D eigenvalue weighted by Crippen LogP contribution is 2.17. The summed E-state index contributed by atoms with van der Waals surface area (Å²) in [5.74, 6) is 0. The second kappa shape index (κ2) is 5.29. The summed E-state index contributed by atoms with van der Waals surface area (Å²) in [7, 11) is 0. The molecule has 0 saturated heterocycles. The number of aliphatic hydroxyl groups excluding tert-OH is 1. The summed E-state index contributed by atoms with van der Waals surface area (Å²) in [6.45, 7) is 8.21. The topological polar surface area (TPSA) is 32.3 Å². The Kier molecular flexibility index (Phi) is 4.30. The van der Waals surface area contributed by atoms with E-state index in [1.165, 1.54) is 5.56 Å². The van der Waals surface area contributed by atoms with Crippen LogP contribution in [0.15, 0.2) is 24.3 Å². The van der Waals surface area contributed by atoms with Gasteiger partial charge < -0.3 is 10.4 Å². The minimum absolute atomic E-state index is 0.0757. The van der Waals surface area contributed by atoms with Gasteiger partial charge in [-0.25, -0.2) is 0 Å². The van der Waals surface area contributed by atoms with Gasteiger partial charge in [-0.15, -0.1) is 0 Å². The molecule has 0 bridgehead atoms. The van der Waals surface area contributed by atoms with Gasteiger partial charge in [-0.2, -0.15) is 0 Å². The van der Waals surface area contributed by atoms with Gasteiger partial charge in [-0.05, 0) is 19.4 Å². The number of nitrogens with one attached hydrogen (secondary N) is 1. The van der Waals surface area contributed by atoms with Crippen LogP contribution in [0.2, 0.25) is 0 Å². The Labute approximate surface area is 92.3 Å². The number of hydrogen-bond donors (Lipinski definition) is 2. The molecule has 2 N–H and O–H groups in total. The molecule has 1 rings (SSSR count). The first kappa shape index (κ1) is 12.2. The van der Waals surface area contributed by atoms with Crippen LogP contribution in [0.3, 0.4) is 0 Å². The van der Waals surface area contributed by atoms with E-state index in [0.29, 0.717) is 6.04 Å². The zero-order valence-electron chi connectivity index (χ0n) is 9.99. The van der Waals surface area contributed by atoms with E-state index in [0.717, 1.165) is 5.56 Å². The van der Waals surface area contributed by atoms with Gasteiger partial charge in [0, 0.05) is 12.1 Å². The van der Waals surface area contributed by atoms with Crippen LogP contribution in [0.4, 0.5) is 0 Å². The van der Waals surface area contributed by atoms with Crippen LogP contribution < -0.4 is 5.32 Å². The van der Waals surface area contributed by atoms with Crippen LogP contribution in [0.25, 0.3) is 0 Å². The minimum atomic E-state index is -0.438. The zero-order chi connectivity index (χ0) is 11.4. The summed E-state index contributed by atoms with van der Waals surface area (Å²) >= 11 is 0. The lowest BCUT2D eigenvalue weighted by molar-refractivity contribution is 0.131. The standard InChI is InChI=1S/C13H21NO/c1-9(2)14-11(4)13(15)12-7-5-6-10(3)8-12/h5-9,11,13-15H,1-4H3/t11-,13-/m0/s1. The lowest BCUT2D eigenvalue weighted by Crippen LogP contribution is -2.36. The Bertz CT molecular complexity index is 309. The molecule has 0 fully saturated rings. The highest BCUT2D eigenvalue weighted by atomic mass is 16.3. The Morgan fingerprint density at radius 1 is 1.20 bits per heavy atom. The average Bonchev–Trinajstić information content (AvgIpc) is 2.15. The summed E-state index contributed by atoms with van der Waals surface area (Å²) in [5, 5.41) is 13.4. The van der Waals surface area contributed by atoms with Crippen molar-refractivity contribution in [3.8, 4) is 0 Å². The van der Waals surface area contributed by atoms with E-state index in [2.05, 4.69) is 19.2 Å². The molecule has 0 radical (unpaired) electrons. The van der Waals surface area contributed by atoms with Crippen molar-refractivity contribution in [2.45, 2.75) is 45.9 Å². The minimum Gasteiger partial charge on any atom is -0.387 e. The third kappa shape index (κ3) is 3.65. The van der Waals surface area contributed by atoms with Crippen LogP contribution in [0, 0.1) is 6.92 Å². The molecule has 0 aromatic heterocycles. The van der Waals surface area contributed by atoms with Gasteiger partial charge in [0.15, 0.2) is 0 Å². The van der Waals surface area contributed by atoms with Gasteiger partial charge in [-0.1, -0.05) is 43.7 Å². The van der Waals surface area contributed by atoms with Gasteiger partial charge in [0.1, 0.15) is 0 Å². The van der Waals surface area contributed by atoms with Gasteiger partial charge in [0.2, 0.25) is 0 Å². The van der Waals surface area contributed by atoms with Crippen LogP contribution in [-0.2, 0) is 0 Å². The predicted molar refractivity (Wildman–Crippen MR) is 63.9 cm³/mol. The zero-order valence-corrected chi connectivity index (χ0v) is 9.99. The van der Waals surface area contributed by atoms with Crippen LogP contribution in [0.1, 0.15) is 38.0 Å². The first-order valence-electron chi connectivity index (χ1n) is 5.51. The van der Waals surface area contributed by atoms with Crippen molar-refractivity contribution >= 4 is 0 Å². The third-order valence-corrected chi connectivity index (χ3v) is 2.45. The summed E-state index contributed by atoms with van der Waals surface area (Å²) < 4.78 is 0. The second-order valence-corrected chi connectivity index (χ2v) is 4.47. The van der Waals surface area contributed by atoms with Crippen LogP contribution in [0.5, 0.6) is 0 Å². The van der Waals surface area contributed by atoms with E-state index >= 15 is 0 Å². The summed E-state index contributed by atoms with van der Waals surface area (Å²) in [6.07, 6.45) is -0.438. The van der Waals surface area contributed by atoms with Crippen molar-refractivity contribution in [3.05, 3.63) is 35.4 Å². The molecule has 2 heteroatoms. The van der Waals surface area contributed by atoms with E-state index in [-0.39, 0.29) is 6.04 Å². The van der Waals surface area contributed by atoms with E-state index in [1.54, 1.807) is 0 Å². The molecular formula is C13H21NO. The molecule has 0 unspecified atom stereocenters. The fourth-order valence-corrected chi connectivity index (χ4v) is 1.76. The molecule has 0 aliphatic rings. The van der Waals surface area contributed by atoms with Crippen molar-refractivity contribution in [2.24, 2.45) is 0 Å². The van der Waals surface area contributed by atoms with Gasteiger partial charge in [0.25, 0.3) is 0 Å². The first-order chi connectivity index (χ1) is 7.00.